The van der Waals surface area contributed by atoms with E-state index in [-0.39, 0.29) is 29.2 Å². The van der Waals surface area contributed by atoms with Gasteiger partial charge in [-0.05, 0) is 55.7 Å². The average Bonchev–Trinajstić information content (AvgIpc) is 2.82. The second-order valence-corrected chi connectivity index (χ2v) is 11.2. The number of methoxy groups -OCH3 is 1. The lowest BCUT2D eigenvalue weighted by molar-refractivity contribution is -0.140. The van der Waals surface area contributed by atoms with Gasteiger partial charge in [0.15, 0.2) is 0 Å². The van der Waals surface area contributed by atoms with E-state index in [0.717, 1.165) is 22.5 Å². The Balaban J connectivity index is 2.49. The number of halogens is 2. The summed E-state index contributed by atoms with van der Waals surface area (Å²) >= 11 is 12.2. The summed E-state index contributed by atoms with van der Waals surface area (Å²) in [6.07, 6.45) is 2.05. The third-order valence-electron chi connectivity index (χ3n) is 5.73. The third kappa shape index (κ3) is 8.01. The molecule has 0 aliphatic rings. The highest BCUT2D eigenvalue weighted by Crippen LogP contribution is 2.30. The van der Waals surface area contributed by atoms with Crippen LogP contribution in [0.5, 0.6) is 5.75 Å². The summed E-state index contributed by atoms with van der Waals surface area (Å²) in [5, 5.41) is 3.34. The number of anilines is 1. The molecule has 0 aliphatic heterocycles. The van der Waals surface area contributed by atoms with Crippen molar-refractivity contribution in [2.45, 2.75) is 52.2 Å². The lowest BCUT2D eigenvalue weighted by atomic mass is 10.1. The highest BCUT2D eigenvalue weighted by atomic mass is 35.5. The Morgan fingerprint density at radius 2 is 1.78 bits per heavy atom. The molecule has 0 aliphatic carbocycles. The van der Waals surface area contributed by atoms with Crippen LogP contribution in [0.3, 0.4) is 0 Å². The van der Waals surface area contributed by atoms with Crippen molar-refractivity contribution in [1.29, 1.82) is 0 Å². The van der Waals surface area contributed by atoms with Crippen LogP contribution < -0.4 is 14.4 Å². The quantitative estimate of drug-likeness (QED) is 0.414. The highest BCUT2D eigenvalue weighted by Gasteiger charge is 2.32. The van der Waals surface area contributed by atoms with Gasteiger partial charge in [-0.15, -0.1) is 0 Å². The molecular weight excluding hydrogens is 525 g/mol. The Morgan fingerprint density at radius 3 is 2.33 bits per heavy atom. The van der Waals surface area contributed by atoms with Crippen molar-refractivity contribution in [2.24, 2.45) is 0 Å². The number of sulfonamides is 1. The van der Waals surface area contributed by atoms with Gasteiger partial charge in [0.1, 0.15) is 18.3 Å². The van der Waals surface area contributed by atoms with Crippen molar-refractivity contribution < 1.29 is 22.7 Å². The van der Waals surface area contributed by atoms with Crippen LogP contribution >= 0.6 is 23.2 Å². The Bertz CT molecular complexity index is 1180. The first-order chi connectivity index (χ1) is 16.9. The van der Waals surface area contributed by atoms with E-state index in [9.17, 15) is 18.0 Å². The molecule has 0 fully saturated rings. The van der Waals surface area contributed by atoms with Gasteiger partial charge in [0.25, 0.3) is 0 Å². The summed E-state index contributed by atoms with van der Waals surface area (Å²) < 4.78 is 31.6. The molecule has 36 heavy (non-hydrogen) atoms. The second-order valence-electron chi connectivity index (χ2n) is 8.48. The maximum Gasteiger partial charge on any atom is 0.244 e. The molecule has 0 saturated carbocycles. The molecule has 2 aromatic rings. The standard InChI is InChI=1S/C25H33Cl2N3O5S/c1-6-17(3)28-25(32)22(7-2)29(15-18-9-8-10-20(13-18)35-4)24(31)16-30(36(5,33)34)23-12-11-19(26)14-21(23)27/h8-14,17,22H,6-7,15-16H2,1-5H3,(H,28,32)/t17-,22+/m0/s1. The molecule has 2 rings (SSSR count). The molecule has 2 atom stereocenters. The van der Waals surface area contributed by atoms with Gasteiger partial charge in [-0.3, -0.25) is 13.9 Å². The summed E-state index contributed by atoms with van der Waals surface area (Å²) in [5.41, 5.74) is 0.850. The summed E-state index contributed by atoms with van der Waals surface area (Å²) in [6, 6.07) is 10.6. The maximum atomic E-state index is 13.7. The van der Waals surface area contributed by atoms with Gasteiger partial charge < -0.3 is 15.0 Å². The number of carbonyl (C=O) groups is 2. The zero-order chi connectivity index (χ0) is 27.0. The van der Waals surface area contributed by atoms with E-state index >= 15 is 0 Å². The molecule has 198 valence electrons. The van der Waals surface area contributed by atoms with E-state index in [4.69, 9.17) is 27.9 Å². The largest absolute Gasteiger partial charge is 0.497 e. The van der Waals surface area contributed by atoms with Crippen molar-refractivity contribution in [1.82, 2.24) is 10.2 Å². The third-order valence-corrected chi connectivity index (χ3v) is 7.40. The number of nitrogens with zero attached hydrogens (tertiary/aromatic N) is 2. The van der Waals surface area contributed by atoms with Crippen LogP contribution in [0.2, 0.25) is 10.0 Å². The van der Waals surface area contributed by atoms with Gasteiger partial charge in [-0.25, -0.2) is 8.42 Å². The van der Waals surface area contributed by atoms with E-state index in [1.165, 1.54) is 30.2 Å². The number of hydrogen-bond acceptors (Lipinski definition) is 5. The zero-order valence-corrected chi connectivity index (χ0v) is 23.5. The first-order valence-electron chi connectivity index (χ1n) is 11.6. The highest BCUT2D eigenvalue weighted by molar-refractivity contribution is 7.92. The molecule has 11 heteroatoms. The number of benzene rings is 2. The molecule has 0 heterocycles. The summed E-state index contributed by atoms with van der Waals surface area (Å²) in [6.45, 7) is 5.17. The van der Waals surface area contributed by atoms with Crippen LogP contribution in [-0.4, -0.2) is 57.1 Å². The van der Waals surface area contributed by atoms with E-state index in [1.807, 2.05) is 19.9 Å². The van der Waals surface area contributed by atoms with E-state index in [0.29, 0.717) is 17.2 Å². The molecule has 0 spiro atoms. The van der Waals surface area contributed by atoms with Crippen LogP contribution in [-0.2, 0) is 26.2 Å². The number of carbonyl (C=O) groups excluding carboxylic acids is 2. The summed E-state index contributed by atoms with van der Waals surface area (Å²) in [7, 11) is -2.37. The monoisotopic (exact) mass is 557 g/mol. The molecule has 0 unspecified atom stereocenters. The van der Waals surface area contributed by atoms with Crippen LogP contribution in [0, 0.1) is 0 Å². The predicted octanol–water partition coefficient (Wildman–Crippen LogP) is 4.49. The van der Waals surface area contributed by atoms with E-state index in [1.54, 1.807) is 25.1 Å². The van der Waals surface area contributed by atoms with Gasteiger partial charge in [0.2, 0.25) is 21.8 Å². The average molecular weight is 559 g/mol. The lowest BCUT2D eigenvalue weighted by Crippen LogP contribution is -2.53. The summed E-state index contributed by atoms with van der Waals surface area (Å²) in [5.74, 6) is -0.262. The minimum atomic E-state index is -3.90. The minimum Gasteiger partial charge on any atom is -0.497 e. The normalized spacial score (nSPS) is 13.0. The number of hydrogen-bond donors (Lipinski definition) is 1. The van der Waals surface area contributed by atoms with Gasteiger partial charge in [-0.2, -0.15) is 0 Å². The molecule has 2 amide bonds. The maximum absolute atomic E-state index is 13.7. The van der Waals surface area contributed by atoms with Crippen LogP contribution in [0.15, 0.2) is 42.5 Å². The van der Waals surface area contributed by atoms with E-state index in [2.05, 4.69) is 5.32 Å². The molecule has 0 aromatic heterocycles. The number of rotatable bonds is 12. The van der Waals surface area contributed by atoms with Gasteiger partial charge in [0.05, 0.1) is 24.1 Å². The van der Waals surface area contributed by atoms with Crippen molar-refractivity contribution in [3.8, 4) is 5.75 Å². The Labute approximate surface area is 223 Å². The Hall–Kier alpha value is -2.49. The minimum absolute atomic E-state index is 0.0778. The van der Waals surface area contributed by atoms with Crippen molar-refractivity contribution in [2.75, 3.05) is 24.2 Å². The predicted molar refractivity (Wildman–Crippen MR) is 144 cm³/mol. The molecule has 1 N–H and O–H groups in total. The lowest BCUT2D eigenvalue weighted by Gasteiger charge is -2.33. The van der Waals surface area contributed by atoms with Crippen LogP contribution in [0.1, 0.15) is 39.2 Å². The van der Waals surface area contributed by atoms with Gasteiger partial charge in [0, 0.05) is 17.6 Å². The van der Waals surface area contributed by atoms with Crippen molar-refractivity contribution in [3.63, 3.8) is 0 Å². The topological polar surface area (TPSA) is 96.0 Å². The fourth-order valence-corrected chi connectivity index (χ4v) is 5.03. The SMILES string of the molecule is CC[C@H](C(=O)N[C@@H](C)CC)N(Cc1cccc(OC)c1)C(=O)CN(c1ccc(Cl)cc1Cl)S(C)(=O)=O. The van der Waals surface area contributed by atoms with Crippen LogP contribution in [0.4, 0.5) is 5.69 Å². The zero-order valence-electron chi connectivity index (χ0n) is 21.1. The van der Waals surface area contributed by atoms with Gasteiger partial charge in [-0.1, -0.05) is 49.2 Å². The second kappa shape index (κ2) is 13.2. The fourth-order valence-electron chi connectivity index (χ4n) is 3.61. The van der Waals surface area contributed by atoms with Crippen molar-refractivity contribution >= 4 is 50.7 Å². The fraction of sp³-hybridized carbons (Fsp3) is 0.440. The molecule has 2 aromatic carbocycles. The molecule has 0 saturated heterocycles. The smallest absolute Gasteiger partial charge is 0.244 e. The first kappa shape index (κ1) is 29.7. The number of amides is 2. The first-order valence-corrected chi connectivity index (χ1v) is 14.2. The number of ether oxygens (including phenoxy) is 1. The molecule has 8 nitrogen and oxygen atoms in total. The van der Waals surface area contributed by atoms with E-state index < -0.39 is 28.5 Å². The molecule has 0 radical (unpaired) electrons. The number of nitrogens with one attached hydrogen (secondary N) is 1. The molecular formula is C25H33Cl2N3O5S. The Kier molecular flexibility index (Phi) is 10.9. The molecule has 0 bridgehead atoms. The van der Waals surface area contributed by atoms with Crippen molar-refractivity contribution in [3.05, 3.63) is 58.1 Å². The van der Waals surface area contributed by atoms with Gasteiger partial charge >= 0.3 is 0 Å². The Morgan fingerprint density at radius 1 is 1.08 bits per heavy atom. The van der Waals surface area contributed by atoms with Crippen LogP contribution in [0.25, 0.3) is 0 Å². The summed E-state index contributed by atoms with van der Waals surface area (Å²) in [4.78, 5) is 28.3.